The Labute approximate surface area is 203 Å². The number of nitrogens with two attached hydrogens (primary N) is 1. The lowest BCUT2D eigenvalue weighted by molar-refractivity contribution is 0.0933. The fraction of sp³-hybridized carbons (Fsp3) is 0.167. The molecule has 1 atom stereocenters. The Hall–Kier alpha value is -1.32. The van der Waals surface area contributed by atoms with Crippen LogP contribution in [0.4, 0.5) is 5.69 Å². The third-order valence-corrected chi connectivity index (χ3v) is 5.13. The molecule has 12 heteroatoms. The third kappa shape index (κ3) is 7.13. The molecule has 1 amide bonds. The van der Waals surface area contributed by atoms with Gasteiger partial charge in [0.1, 0.15) is 6.17 Å². The van der Waals surface area contributed by atoms with E-state index in [0.29, 0.717) is 16.3 Å². The van der Waals surface area contributed by atoms with Gasteiger partial charge in [-0.2, -0.15) is 0 Å². The number of amides is 1. The highest BCUT2D eigenvalue weighted by Crippen LogP contribution is 2.30. The van der Waals surface area contributed by atoms with Crippen LogP contribution in [-0.2, 0) is 0 Å². The minimum Gasteiger partial charge on any atom is -0.339 e. The zero-order valence-electron chi connectivity index (χ0n) is 15.0. The van der Waals surface area contributed by atoms with Crippen molar-refractivity contribution in [3.63, 3.8) is 0 Å². The number of hydrogen-bond donors (Lipinski definition) is 4. The number of halogens is 5. The highest BCUT2D eigenvalue weighted by molar-refractivity contribution is 7.80. The van der Waals surface area contributed by atoms with Gasteiger partial charge in [0.25, 0.3) is 5.91 Å². The first kappa shape index (κ1) is 24.9. The monoisotopic (exact) mass is 526 g/mol. The fourth-order valence-electron chi connectivity index (χ4n) is 2.24. The molecule has 0 heterocycles. The van der Waals surface area contributed by atoms with Gasteiger partial charge >= 0.3 is 0 Å². The number of Topliss-reactive ketones (excluding diaryl/α,β-unsaturated/α-hetero) is 1. The van der Waals surface area contributed by atoms with E-state index in [2.05, 4.69) is 16.0 Å². The van der Waals surface area contributed by atoms with Crippen molar-refractivity contribution in [2.24, 2.45) is 5.73 Å². The van der Waals surface area contributed by atoms with Crippen molar-refractivity contribution in [2.75, 3.05) is 11.9 Å². The van der Waals surface area contributed by atoms with Crippen LogP contribution < -0.4 is 21.7 Å². The topological polar surface area (TPSA) is 96.2 Å². The predicted molar refractivity (Wildman–Crippen MR) is 127 cm³/mol. The summed E-state index contributed by atoms with van der Waals surface area (Å²) in [7, 11) is 0. The number of benzene rings is 2. The van der Waals surface area contributed by atoms with E-state index in [1.54, 1.807) is 24.3 Å². The van der Waals surface area contributed by atoms with E-state index in [4.69, 9.17) is 76.0 Å². The Morgan fingerprint density at radius 2 is 1.67 bits per heavy atom. The van der Waals surface area contributed by atoms with Crippen molar-refractivity contribution in [1.29, 1.82) is 0 Å². The molecule has 2 rings (SSSR count). The number of rotatable bonds is 6. The average molecular weight is 529 g/mol. The molecule has 0 aliphatic rings. The Morgan fingerprint density at radius 3 is 2.20 bits per heavy atom. The lowest BCUT2D eigenvalue weighted by Gasteiger charge is -2.28. The van der Waals surface area contributed by atoms with Crippen LogP contribution in [0.1, 0.15) is 20.7 Å². The second-order valence-electron chi connectivity index (χ2n) is 5.88. The van der Waals surface area contributed by atoms with Crippen LogP contribution in [0.15, 0.2) is 42.5 Å². The number of alkyl halides is 3. The number of anilines is 1. The first-order chi connectivity index (χ1) is 14.0. The molecule has 0 bridgehead atoms. The van der Waals surface area contributed by atoms with Gasteiger partial charge in [0.2, 0.25) is 3.79 Å². The summed E-state index contributed by atoms with van der Waals surface area (Å²) in [5, 5.41) is 8.68. The van der Waals surface area contributed by atoms with E-state index in [9.17, 15) is 9.59 Å². The zero-order chi connectivity index (χ0) is 22.5. The lowest BCUT2D eigenvalue weighted by Crippen LogP contribution is -2.56. The Kier molecular flexibility index (Phi) is 8.99. The van der Waals surface area contributed by atoms with Crippen molar-refractivity contribution in [2.45, 2.75) is 9.96 Å². The largest absolute Gasteiger partial charge is 0.339 e. The maximum absolute atomic E-state index is 12.5. The van der Waals surface area contributed by atoms with E-state index in [1.807, 2.05) is 0 Å². The summed E-state index contributed by atoms with van der Waals surface area (Å²) in [6.45, 7) is -0.0883. The fourth-order valence-corrected chi connectivity index (χ4v) is 3.30. The SMILES string of the molecule is NCC(=O)c1ccc(NC(=S)NC(NC(=O)c2ccc(Cl)cc2Cl)C(Cl)(Cl)Cl)cc1. The van der Waals surface area contributed by atoms with Gasteiger partial charge in [0.15, 0.2) is 10.9 Å². The molecule has 1 unspecified atom stereocenters. The molecule has 0 saturated heterocycles. The molecule has 6 nitrogen and oxygen atoms in total. The molecule has 0 spiro atoms. The maximum atomic E-state index is 12.5. The van der Waals surface area contributed by atoms with Gasteiger partial charge in [0.05, 0.1) is 17.1 Å². The quantitative estimate of drug-likeness (QED) is 0.190. The van der Waals surface area contributed by atoms with Crippen LogP contribution in [0.2, 0.25) is 10.0 Å². The maximum Gasteiger partial charge on any atom is 0.254 e. The van der Waals surface area contributed by atoms with Gasteiger partial charge in [-0.05, 0) is 54.7 Å². The van der Waals surface area contributed by atoms with Crippen molar-refractivity contribution in [3.05, 3.63) is 63.6 Å². The molecule has 2 aromatic carbocycles. The summed E-state index contributed by atoms with van der Waals surface area (Å²) in [5.41, 5.74) is 6.51. The standard InChI is InChI=1S/C18H15Cl5N4O2S/c19-10-3-6-12(13(20)7-10)15(29)26-16(18(21,22)23)27-17(30)25-11-4-1-9(2-5-11)14(28)8-24/h1-7,16H,8,24H2,(H,26,29)(H2,25,27,30). The van der Waals surface area contributed by atoms with Gasteiger partial charge in [0, 0.05) is 16.3 Å². The molecule has 0 aliphatic heterocycles. The molecule has 5 N–H and O–H groups in total. The van der Waals surface area contributed by atoms with Gasteiger partial charge in [-0.3, -0.25) is 9.59 Å². The second kappa shape index (κ2) is 10.8. The average Bonchev–Trinajstić information content (AvgIpc) is 2.66. The predicted octanol–water partition coefficient (Wildman–Crippen LogP) is 4.55. The highest BCUT2D eigenvalue weighted by atomic mass is 35.6. The van der Waals surface area contributed by atoms with Crippen molar-refractivity contribution >= 4 is 92.7 Å². The number of hydrogen-bond acceptors (Lipinski definition) is 4. The van der Waals surface area contributed by atoms with Crippen molar-refractivity contribution in [3.8, 4) is 0 Å². The number of ketones is 1. The van der Waals surface area contributed by atoms with Gasteiger partial charge < -0.3 is 21.7 Å². The summed E-state index contributed by atoms with van der Waals surface area (Å²) in [6.07, 6.45) is -1.19. The lowest BCUT2D eigenvalue weighted by atomic mass is 10.1. The van der Waals surface area contributed by atoms with Crippen LogP contribution in [-0.4, -0.2) is 33.3 Å². The first-order valence-corrected chi connectivity index (χ1v) is 10.5. The molecule has 0 saturated carbocycles. The van der Waals surface area contributed by atoms with E-state index in [-0.39, 0.29) is 28.0 Å². The summed E-state index contributed by atoms with van der Waals surface area (Å²) in [4.78, 5) is 24.1. The molecule has 160 valence electrons. The number of thiocarbonyl (C=S) groups is 1. The van der Waals surface area contributed by atoms with E-state index in [1.165, 1.54) is 18.2 Å². The summed E-state index contributed by atoms with van der Waals surface area (Å²) in [5.74, 6) is -0.796. The van der Waals surface area contributed by atoms with Crippen LogP contribution in [0.5, 0.6) is 0 Å². The van der Waals surface area contributed by atoms with E-state index < -0.39 is 15.9 Å². The van der Waals surface area contributed by atoms with Crippen LogP contribution in [0.25, 0.3) is 0 Å². The smallest absolute Gasteiger partial charge is 0.254 e. The summed E-state index contributed by atoms with van der Waals surface area (Å²) in [6, 6.07) is 10.8. The zero-order valence-corrected chi connectivity index (χ0v) is 19.6. The van der Waals surface area contributed by atoms with E-state index >= 15 is 0 Å². The number of carbonyl (C=O) groups is 2. The van der Waals surface area contributed by atoms with Crippen molar-refractivity contribution in [1.82, 2.24) is 10.6 Å². The van der Waals surface area contributed by atoms with Gasteiger partial charge in [-0.15, -0.1) is 0 Å². The van der Waals surface area contributed by atoms with Crippen LogP contribution >= 0.6 is 70.2 Å². The van der Waals surface area contributed by atoms with Crippen LogP contribution in [0, 0.1) is 0 Å². The Morgan fingerprint density at radius 1 is 1.03 bits per heavy atom. The minimum atomic E-state index is -1.95. The van der Waals surface area contributed by atoms with Gasteiger partial charge in [-0.1, -0.05) is 58.0 Å². The molecular formula is C18H15Cl5N4O2S. The summed E-state index contributed by atoms with van der Waals surface area (Å²) >= 11 is 35.0. The highest BCUT2D eigenvalue weighted by Gasteiger charge is 2.35. The molecule has 0 fully saturated rings. The number of carbonyl (C=O) groups excluding carboxylic acids is 2. The van der Waals surface area contributed by atoms with Crippen molar-refractivity contribution < 1.29 is 9.59 Å². The van der Waals surface area contributed by atoms with Crippen LogP contribution in [0.3, 0.4) is 0 Å². The minimum absolute atomic E-state index is 0.0618. The Bertz CT molecular complexity index is 951. The number of nitrogens with one attached hydrogen (secondary N) is 3. The summed E-state index contributed by atoms with van der Waals surface area (Å²) < 4.78 is -1.95. The molecule has 0 aliphatic carbocycles. The molecule has 30 heavy (non-hydrogen) atoms. The van der Waals surface area contributed by atoms with Gasteiger partial charge in [-0.25, -0.2) is 0 Å². The first-order valence-electron chi connectivity index (χ1n) is 8.24. The molecule has 0 radical (unpaired) electrons. The molecule has 2 aromatic rings. The Balaban J connectivity index is 2.08. The normalized spacial score (nSPS) is 12.1. The molecule has 0 aromatic heterocycles. The molecular weight excluding hydrogens is 514 g/mol. The van der Waals surface area contributed by atoms with E-state index in [0.717, 1.165) is 0 Å². The third-order valence-electron chi connectivity index (χ3n) is 3.70. The second-order valence-corrected chi connectivity index (χ2v) is 9.50.